The fraction of sp³-hybridized carbons (Fsp3) is 0.400. The molecule has 1 nitrogen and oxygen atoms in total. The van der Waals surface area contributed by atoms with Crippen molar-refractivity contribution in [2.75, 3.05) is 0 Å². The molecule has 1 aromatic carbocycles. The monoisotopic (exact) mass is 325 g/mol. The minimum absolute atomic E-state index is 0.00666. The van der Waals surface area contributed by atoms with Gasteiger partial charge in [0, 0.05) is 21.0 Å². The zero-order valence-corrected chi connectivity index (χ0v) is 13.7. The zero-order valence-electron chi connectivity index (χ0n) is 11.4. The Morgan fingerprint density at radius 1 is 1.17 bits per heavy atom. The van der Waals surface area contributed by atoms with Crippen molar-refractivity contribution < 1.29 is 0 Å². The highest BCUT2D eigenvalue weighted by Crippen LogP contribution is 2.35. The quantitative estimate of drug-likeness (QED) is 0.617. The predicted molar refractivity (Wildman–Crippen MR) is 82.6 cm³/mol. The van der Waals surface area contributed by atoms with E-state index in [4.69, 9.17) is 16.6 Å². The van der Waals surface area contributed by atoms with E-state index in [1.165, 1.54) is 5.56 Å². The summed E-state index contributed by atoms with van der Waals surface area (Å²) in [5.74, 6) is 0. The van der Waals surface area contributed by atoms with Crippen LogP contribution >= 0.6 is 27.5 Å². The summed E-state index contributed by atoms with van der Waals surface area (Å²) in [6, 6.07) is 4.08. The molecular weight excluding hydrogens is 310 g/mol. The fourth-order valence-electron chi connectivity index (χ4n) is 2.07. The molecule has 0 amide bonds. The maximum atomic E-state index is 6.44. The third-order valence-corrected chi connectivity index (χ3v) is 4.69. The number of rotatable bonds is 0. The molecule has 3 heteroatoms. The van der Waals surface area contributed by atoms with Crippen LogP contribution in [0.25, 0.3) is 10.9 Å². The van der Waals surface area contributed by atoms with Crippen LogP contribution in [0, 0.1) is 13.8 Å². The Bertz CT molecular complexity index is 627. The molecule has 2 aromatic rings. The van der Waals surface area contributed by atoms with Crippen molar-refractivity contribution in [1.29, 1.82) is 0 Å². The number of hydrogen-bond acceptors (Lipinski definition) is 1. The smallest absolute Gasteiger partial charge is 0.0726 e. The molecule has 0 fully saturated rings. The van der Waals surface area contributed by atoms with Gasteiger partial charge >= 0.3 is 0 Å². The molecule has 0 spiro atoms. The number of benzene rings is 1. The van der Waals surface area contributed by atoms with Gasteiger partial charge in [-0.25, -0.2) is 0 Å². The highest BCUT2D eigenvalue weighted by molar-refractivity contribution is 9.10. The maximum absolute atomic E-state index is 6.44. The second-order valence-electron chi connectivity index (χ2n) is 5.77. The average Bonchev–Trinajstić information content (AvgIpc) is 2.23. The van der Waals surface area contributed by atoms with E-state index >= 15 is 0 Å². The molecule has 1 aromatic heterocycles. The Balaban J connectivity index is 2.87. The first-order chi connectivity index (χ1) is 8.21. The van der Waals surface area contributed by atoms with Gasteiger partial charge in [-0.15, -0.1) is 0 Å². The average molecular weight is 327 g/mol. The molecule has 0 N–H and O–H groups in total. The van der Waals surface area contributed by atoms with Gasteiger partial charge in [0.2, 0.25) is 0 Å². The van der Waals surface area contributed by atoms with Crippen LogP contribution in [0.15, 0.2) is 16.6 Å². The van der Waals surface area contributed by atoms with Crippen LogP contribution in [0.2, 0.25) is 5.02 Å². The summed E-state index contributed by atoms with van der Waals surface area (Å²) < 4.78 is 1.11. The van der Waals surface area contributed by atoms with E-state index in [2.05, 4.69) is 56.6 Å². The van der Waals surface area contributed by atoms with E-state index in [-0.39, 0.29) is 5.41 Å². The molecule has 2 rings (SSSR count). The van der Waals surface area contributed by atoms with E-state index in [9.17, 15) is 0 Å². The van der Waals surface area contributed by atoms with Crippen LogP contribution < -0.4 is 0 Å². The molecular formula is C15H17BrClN. The van der Waals surface area contributed by atoms with Crippen LogP contribution in [0.3, 0.4) is 0 Å². The second kappa shape index (κ2) is 4.50. The third-order valence-electron chi connectivity index (χ3n) is 3.17. The molecule has 0 saturated carbocycles. The van der Waals surface area contributed by atoms with E-state index in [1.807, 2.05) is 6.07 Å². The van der Waals surface area contributed by atoms with Gasteiger partial charge in [0.05, 0.1) is 10.5 Å². The van der Waals surface area contributed by atoms with Gasteiger partial charge in [-0.2, -0.15) is 0 Å². The summed E-state index contributed by atoms with van der Waals surface area (Å²) in [4.78, 5) is 4.76. The first-order valence-electron chi connectivity index (χ1n) is 5.98. The lowest BCUT2D eigenvalue weighted by Gasteiger charge is -2.20. The molecule has 0 bridgehead atoms. The Morgan fingerprint density at radius 3 is 2.33 bits per heavy atom. The summed E-state index contributed by atoms with van der Waals surface area (Å²) >= 11 is 10.0. The minimum Gasteiger partial charge on any atom is -0.252 e. The van der Waals surface area contributed by atoms with Crippen LogP contribution in [0.1, 0.15) is 37.6 Å². The fourth-order valence-corrected chi connectivity index (χ4v) is 2.72. The number of hydrogen-bond donors (Lipinski definition) is 0. The van der Waals surface area contributed by atoms with E-state index in [0.717, 1.165) is 31.7 Å². The van der Waals surface area contributed by atoms with Crippen molar-refractivity contribution in [2.24, 2.45) is 0 Å². The molecule has 0 atom stereocenters. The van der Waals surface area contributed by atoms with Gasteiger partial charge in [0.1, 0.15) is 0 Å². The lowest BCUT2D eigenvalue weighted by Crippen LogP contribution is -2.13. The second-order valence-corrected chi connectivity index (χ2v) is 6.97. The number of pyridine rings is 1. The lowest BCUT2D eigenvalue weighted by molar-refractivity contribution is 0.571. The van der Waals surface area contributed by atoms with Gasteiger partial charge < -0.3 is 0 Å². The first-order valence-corrected chi connectivity index (χ1v) is 7.15. The maximum Gasteiger partial charge on any atom is 0.0726 e. The SMILES string of the molecule is Cc1cc2nc(C(C)(C)C)cc(Cl)c2c(C)c1Br. The summed E-state index contributed by atoms with van der Waals surface area (Å²) in [7, 11) is 0. The Hall–Kier alpha value is -0.600. The van der Waals surface area contributed by atoms with Crippen LogP contribution in [0.5, 0.6) is 0 Å². The van der Waals surface area contributed by atoms with Gasteiger partial charge in [0.15, 0.2) is 0 Å². The number of fused-ring (bicyclic) bond motifs is 1. The standard InChI is InChI=1S/C15H17BrClN/c1-8-6-11-13(9(2)14(8)16)10(17)7-12(18-11)15(3,4)5/h6-7H,1-5H3. The van der Waals surface area contributed by atoms with E-state index < -0.39 is 0 Å². The summed E-state index contributed by atoms with van der Waals surface area (Å²) in [5.41, 5.74) is 4.36. The molecule has 0 aliphatic heterocycles. The van der Waals surface area contributed by atoms with Gasteiger partial charge in [-0.3, -0.25) is 4.98 Å². The highest BCUT2D eigenvalue weighted by atomic mass is 79.9. The zero-order chi connectivity index (χ0) is 13.7. The number of nitrogens with zero attached hydrogens (tertiary/aromatic N) is 1. The van der Waals surface area contributed by atoms with Crippen LogP contribution in [-0.4, -0.2) is 4.98 Å². The van der Waals surface area contributed by atoms with Crippen molar-refractivity contribution in [3.63, 3.8) is 0 Å². The summed E-state index contributed by atoms with van der Waals surface area (Å²) in [6.07, 6.45) is 0. The van der Waals surface area contributed by atoms with Crippen molar-refractivity contribution in [2.45, 2.75) is 40.0 Å². The van der Waals surface area contributed by atoms with Crippen molar-refractivity contribution in [3.8, 4) is 0 Å². The van der Waals surface area contributed by atoms with Crippen LogP contribution in [-0.2, 0) is 5.41 Å². The normalized spacial score (nSPS) is 12.2. The van der Waals surface area contributed by atoms with Crippen molar-refractivity contribution in [3.05, 3.63) is 38.4 Å². The molecule has 96 valence electrons. The molecule has 0 radical (unpaired) electrons. The van der Waals surface area contributed by atoms with E-state index in [1.54, 1.807) is 0 Å². The first kappa shape index (κ1) is 13.8. The summed E-state index contributed by atoms with van der Waals surface area (Å²) in [6.45, 7) is 10.6. The lowest BCUT2D eigenvalue weighted by atomic mass is 9.91. The minimum atomic E-state index is 0.00666. The number of halogens is 2. The highest BCUT2D eigenvalue weighted by Gasteiger charge is 2.19. The Morgan fingerprint density at radius 2 is 1.78 bits per heavy atom. The van der Waals surface area contributed by atoms with Gasteiger partial charge in [-0.05, 0) is 37.1 Å². The van der Waals surface area contributed by atoms with Crippen LogP contribution in [0.4, 0.5) is 0 Å². The molecule has 0 aliphatic rings. The predicted octanol–water partition coefficient (Wildman–Crippen LogP) is 5.57. The Kier molecular flexibility index (Phi) is 3.46. The topological polar surface area (TPSA) is 12.9 Å². The van der Waals surface area contributed by atoms with Crippen molar-refractivity contribution in [1.82, 2.24) is 4.98 Å². The molecule has 1 heterocycles. The largest absolute Gasteiger partial charge is 0.252 e. The molecule has 18 heavy (non-hydrogen) atoms. The summed E-state index contributed by atoms with van der Waals surface area (Å²) in [5, 5.41) is 1.82. The third kappa shape index (κ3) is 2.28. The van der Waals surface area contributed by atoms with Crippen molar-refractivity contribution >= 4 is 38.4 Å². The molecule has 0 saturated heterocycles. The molecule has 0 aliphatic carbocycles. The van der Waals surface area contributed by atoms with Gasteiger partial charge in [-0.1, -0.05) is 48.3 Å². The number of aryl methyl sites for hydroxylation is 2. The Labute approximate surface area is 122 Å². The van der Waals surface area contributed by atoms with Gasteiger partial charge in [0.25, 0.3) is 0 Å². The number of aromatic nitrogens is 1. The molecule has 0 unspecified atom stereocenters. The van der Waals surface area contributed by atoms with E-state index in [0.29, 0.717) is 0 Å².